The smallest absolute Gasteiger partial charge is 0.229 e. The fourth-order valence-electron chi connectivity index (χ4n) is 3.05. The maximum absolute atomic E-state index is 12.4. The molecule has 24 heavy (non-hydrogen) atoms. The zero-order chi connectivity index (χ0) is 17.3. The molecule has 1 N–H and O–H groups in total. The molecule has 0 aliphatic carbocycles. The maximum Gasteiger partial charge on any atom is 0.229 e. The summed E-state index contributed by atoms with van der Waals surface area (Å²) in [6.45, 7) is 4.40. The minimum absolute atomic E-state index is 0.0220. The number of hydrogen-bond donors (Lipinski definition) is 1. The Bertz CT molecular complexity index is 783. The van der Waals surface area contributed by atoms with Crippen molar-refractivity contribution < 1.29 is 9.59 Å². The molecule has 0 bridgehead atoms. The third-order valence-corrected chi connectivity index (χ3v) is 4.34. The minimum atomic E-state index is -0.364. The molecule has 1 saturated heterocycles. The van der Waals surface area contributed by atoms with Gasteiger partial charge in [0.1, 0.15) is 0 Å². The monoisotopic (exact) mass is 342 g/mol. The van der Waals surface area contributed by atoms with Crippen LogP contribution < -0.4 is 10.2 Å². The van der Waals surface area contributed by atoms with Crippen LogP contribution in [0, 0.1) is 19.8 Å². The number of nitrogens with zero attached hydrogens (tertiary/aromatic N) is 1. The Kier molecular flexibility index (Phi) is 4.58. The molecule has 0 spiro atoms. The van der Waals surface area contributed by atoms with Crippen molar-refractivity contribution in [2.24, 2.45) is 5.92 Å². The van der Waals surface area contributed by atoms with Crippen LogP contribution in [-0.4, -0.2) is 18.4 Å². The van der Waals surface area contributed by atoms with Crippen molar-refractivity contribution in [3.05, 3.63) is 58.6 Å². The van der Waals surface area contributed by atoms with Crippen LogP contribution in [-0.2, 0) is 9.59 Å². The highest BCUT2D eigenvalue weighted by atomic mass is 35.5. The highest BCUT2D eigenvalue weighted by Gasteiger charge is 2.35. The van der Waals surface area contributed by atoms with Crippen molar-refractivity contribution in [2.45, 2.75) is 20.3 Å². The summed E-state index contributed by atoms with van der Waals surface area (Å²) in [7, 11) is 0. The zero-order valence-corrected chi connectivity index (χ0v) is 14.4. The molecule has 0 unspecified atom stereocenters. The largest absolute Gasteiger partial charge is 0.326 e. The molecule has 4 nitrogen and oxygen atoms in total. The van der Waals surface area contributed by atoms with E-state index in [0.29, 0.717) is 17.3 Å². The van der Waals surface area contributed by atoms with Crippen molar-refractivity contribution >= 4 is 34.8 Å². The number of aryl methyl sites for hydroxylation is 2. The van der Waals surface area contributed by atoms with E-state index in [0.717, 1.165) is 16.8 Å². The van der Waals surface area contributed by atoms with E-state index >= 15 is 0 Å². The van der Waals surface area contributed by atoms with Gasteiger partial charge in [0, 0.05) is 29.4 Å². The summed E-state index contributed by atoms with van der Waals surface area (Å²) in [5.41, 5.74) is 3.70. The first-order valence-corrected chi connectivity index (χ1v) is 8.25. The first kappa shape index (κ1) is 16.5. The van der Waals surface area contributed by atoms with Gasteiger partial charge in [-0.1, -0.05) is 23.7 Å². The standard InChI is InChI=1S/C19H19ClN2O2/c1-12-6-13(2)8-17(7-12)22-11-14(9-18(22)23)19(24)21-16-5-3-4-15(20)10-16/h3-8,10,14H,9,11H2,1-2H3,(H,21,24)/t14-/m0/s1. The van der Waals surface area contributed by atoms with E-state index in [1.54, 1.807) is 29.2 Å². The summed E-state index contributed by atoms with van der Waals surface area (Å²) in [5.74, 6) is -0.541. The first-order chi connectivity index (χ1) is 11.4. The van der Waals surface area contributed by atoms with E-state index in [2.05, 4.69) is 11.4 Å². The lowest BCUT2D eigenvalue weighted by atomic mass is 10.1. The van der Waals surface area contributed by atoms with Gasteiger partial charge in [-0.05, 0) is 55.3 Å². The molecule has 124 valence electrons. The molecule has 1 aliphatic rings. The zero-order valence-electron chi connectivity index (χ0n) is 13.7. The number of hydrogen-bond acceptors (Lipinski definition) is 2. The number of carbonyl (C=O) groups is 2. The quantitative estimate of drug-likeness (QED) is 0.918. The molecule has 0 radical (unpaired) electrons. The van der Waals surface area contributed by atoms with Gasteiger partial charge in [0.25, 0.3) is 0 Å². The van der Waals surface area contributed by atoms with E-state index in [1.807, 2.05) is 26.0 Å². The molecule has 1 atom stereocenters. The highest BCUT2D eigenvalue weighted by molar-refractivity contribution is 6.30. The van der Waals surface area contributed by atoms with Crippen LogP contribution in [0.5, 0.6) is 0 Å². The molecule has 0 saturated carbocycles. The van der Waals surface area contributed by atoms with Gasteiger partial charge in [0.2, 0.25) is 11.8 Å². The van der Waals surface area contributed by atoms with Crippen LogP contribution in [0.3, 0.4) is 0 Å². The Labute approximate surface area is 146 Å². The Hall–Kier alpha value is -2.33. The molecule has 2 amide bonds. The molecule has 0 aromatic heterocycles. The van der Waals surface area contributed by atoms with E-state index < -0.39 is 0 Å². The fraction of sp³-hybridized carbons (Fsp3) is 0.263. The lowest BCUT2D eigenvalue weighted by molar-refractivity contribution is -0.122. The van der Waals surface area contributed by atoms with Crippen LogP contribution in [0.25, 0.3) is 0 Å². The SMILES string of the molecule is Cc1cc(C)cc(N2C[C@@H](C(=O)Nc3cccc(Cl)c3)CC2=O)c1. The van der Waals surface area contributed by atoms with Crippen LogP contribution in [0.2, 0.25) is 5.02 Å². The Morgan fingerprint density at radius 3 is 2.54 bits per heavy atom. The second-order valence-electron chi connectivity index (χ2n) is 6.25. The molecule has 5 heteroatoms. The van der Waals surface area contributed by atoms with E-state index in [-0.39, 0.29) is 24.2 Å². The molecule has 2 aromatic rings. The van der Waals surface area contributed by atoms with Crippen molar-refractivity contribution in [3.8, 4) is 0 Å². The van der Waals surface area contributed by atoms with E-state index in [1.165, 1.54) is 0 Å². The van der Waals surface area contributed by atoms with E-state index in [4.69, 9.17) is 11.6 Å². The van der Waals surface area contributed by atoms with Gasteiger partial charge in [0.05, 0.1) is 5.92 Å². The molecule has 1 aliphatic heterocycles. The van der Waals surface area contributed by atoms with E-state index in [9.17, 15) is 9.59 Å². The third-order valence-electron chi connectivity index (χ3n) is 4.11. The summed E-state index contributed by atoms with van der Waals surface area (Å²) in [6, 6.07) is 13.0. The van der Waals surface area contributed by atoms with Gasteiger partial charge in [0.15, 0.2) is 0 Å². The first-order valence-electron chi connectivity index (χ1n) is 7.87. The van der Waals surface area contributed by atoms with Crippen molar-refractivity contribution in [1.82, 2.24) is 0 Å². The second-order valence-corrected chi connectivity index (χ2v) is 6.69. The Morgan fingerprint density at radius 2 is 1.88 bits per heavy atom. The van der Waals surface area contributed by atoms with Gasteiger partial charge in [-0.3, -0.25) is 9.59 Å². The van der Waals surface area contributed by atoms with Gasteiger partial charge in [-0.2, -0.15) is 0 Å². The van der Waals surface area contributed by atoms with Gasteiger partial charge in [-0.15, -0.1) is 0 Å². The third kappa shape index (κ3) is 3.60. The molecule has 1 heterocycles. The number of rotatable bonds is 3. The number of benzene rings is 2. The summed E-state index contributed by atoms with van der Waals surface area (Å²) in [6.07, 6.45) is 0.222. The number of carbonyl (C=O) groups excluding carboxylic acids is 2. The topological polar surface area (TPSA) is 49.4 Å². The molecular weight excluding hydrogens is 324 g/mol. The Balaban J connectivity index is 1.73. The normalized spacial score (nSPS) is 17.2. The molecule has 3 rings (SSSR count). The van der Waals surface area contributed by atoms with Crippen LogP contribution in [0.1, 0.15) is 17.5 Å². The van der Waals surface area contributed by atoms with Gasteiger partial charge < -0.3 is 10.2 Å². The fourth-order valence-corrected chi connectivity index (χ4v) is 3.24. The second kappa shape index (κ2) is 6.65. The maximum atomic E-state index is 12.4. The van der Waals surface area contributed by atoms with Gasteiger partial charge >= 0.3 is 0 Å². The van der Waals surface area contributed by atoms with Crippen molar-refractivity contribution in [3.63, 3.8) is 0 Å². The summed E-state index contributed by atoms with van der Waals surface area (Å²) in [4.78, 5) is 26.5. The average Bonchev–Trinajstić information content (AvgIpc) is 2.88. The lowest BCUT2D eigenvalue weighted by Crippen LogP contribution is -2.28. The summed E-state index contributed by atoms with van der Waals surface area (Å²) in [5, 5.41) is 3.40. The van der Waals surface area contributed by atoms with Crippen LogP contribution >= 0.6 is 11.6 Å². The average molecular weight is 343 g/mol. The highest BCUT2D eigenvalue weighted by Crippen LogP contribution is 2.28. The van der Waals surface area contributed by atoms with Crippen LogP contribution in [0.15, 0.2) is 42.5 Å². The van der Waals surface area contributed by atoms with Crippen molar-refractivity contribution in [2.75, 3.05) is 16.8 Å². The number of nitrogens with one attached hydrogen (secondary N) is 1. The molecule has 2 aromatic carbocycles. The minimum Gasteiger partial charge on any atom is -0.326 e. The molecule has 1 fully saturated rings. The van der Waals surface area contributed by atoms with Gasteiger partial charge in [-0.25, -0.2) is 0 Å². The predicted molar refractivity (Wildman–Crippen MR) is 96.5 cm³/mol. The number of anilines is 2. The summed E-state index contributed by atoms with van der Waals surface area (Å²) >= 11 is 5.93. The number of halogens is 1. The van der Waals surface area contributed by atoms with Crippen LogP contribution in [0.4, 0.5) is 11.4 Å². The Morgan fingerprint density at radius 1 is 1.17 bits per heavy atom. The summed E-state index contributed by atoms with van der Waals surface area (Å²) < 4.78 is 0. The van der Waals surface area contributed by atoms with Crippen molar-refractivity contribution in [1.29, 1.82) is 0 Å². The number of amides is 2. The molecular formula is C19H19ClN2O2. The predicted octanol–water partition coefficient (Wildman–Crippen LogP) is 3.95. The lowest BCUT2D eigenvalue weighted by Gasteiger charge is -2.18.